The summed E-state index contributed by atoms with van der Waals surface area (Å²) < 4.78 is 2.88. The Bertz CT molecular complexity index is 656. The van der Waals surface area contributed by atoms with Crippen molar-refractivity contribution < 1.29 is 9.72 Å². The van der Waals surface area contributed by atoms with Crippen molar-refractivity contribution in [3.63, 3.8) is 0 Å². The second kappa shape index (κ2) is 4.52. The van der Waals surface area contributed by atoms with Gasteiger partial charge in [0, 0.05) is 6.20 Å². The molecule has 0 aliphatic rings. The number of nitro groups is 1. The van der Waals surface area contributed by atoms with Gasteiger partial charge in [0.1, 0.15) is 23.8 Å². The van der Waals surface area contributed by atoms with Gasteiger partial charge in [-0.15, -0.1) is 0 Å². The third-order valence-corrected chi connectivity index (χ3v) is 2.70. The van der Waals surface area contributed by atoms with E-state index in [4.69, 9.17) is 5.73 Å². The molecule has 100 valence electrons. The standard InChI is InChI=1S/C10H12N6O3/c1-6-9(16(18)19)7(2)15(12-6)5-14-4-3-8(13-14)10(11)17/h3-4H,5H2,1-2H3,(H2,11,17). The lowest BCUT2D eigenvalue weighted by molar-refractivity contribution is -0.386. The highest BCUT2D eigenvalue weighted by Crippen LogP contribution is 2.21. The zero-order valence-electron chi connectivity index (χ0n) is 10.4. The van der Waals surface area contributed by atoms with Crippen LogP contribution in [0.25, 0.3) is 0 Å². The molecule has 0 saturated heterocycles. The number of primary amides is 1. The first kappa shape index (κ1) is 12.7. The van der Waals surface area contributed by atoms with Gasteiger partial charge in [0.05, 0.1) is 4.92 Å². The molecule has 0 radical (unpaired) electrons. The molecule has 0 aromatic carbocycles. The molecule has 9 nitrogen and oxygen atoms in total. The second-order valence-electron chi connectivity index (χ2n) is 4.02. The topological polar surface area (TPSA) is 122 Å². The molecular weight excluding hydrogens is 252 g/mol. The van der Waals surface area contributed by atoms with E-state index in [-0.39, 0.29) is 18.1 Å². The smallest absolute Gasteiger partial charge is 0.312 e. The molecule has 0 bridgehead atoms. The average molecular weight is 264 g/mol. The summed E-state index contributed by atoms with van der Waals surface area (Å²) in [7, 11) is 0. The van der Waals surface area contributed by atoms with E-state index in [0.717, 1.165) is 0 Å². The minimum Gasteiger partial charge on any atom is -0.364 e. The number of carbonyl (C=O) groups excluding carboxylic acids is 1. The van der Waals surface area contributed by atoms with Crippen molar-refractivity contribution in [3.05, 3.63) is 39.5 Å². The Kier molecular flexibility index (Phi) is 3.03. The third kappa shape index (κ3) is 2.30. The minimum atomic E-state index is -0.627. The monoisotopic (exact) mass is 264 g/mol. The zero-order chi connectivity index (χ0) is 14.2. The van der Waals surface area contributed by atoms with Gasteiger partial charge in [-0.25, -0.2) is 4.68 Å². The van der Waals surface area contributed by atoms with E-state index < -0.39 is 10.8 Å². The van der Waals surface area contributed by atoms with E-state index in [0.29, 0.717) is 11.4 Å². The third-order valence-electron chi connectivity index (χ3n) is 2.70. The maximum atomic E-state index is 10.9. The maximum absolute atomic E-state index is 10.9. The average Bonchev–Trinajstić information content (AvgIpc) is 2.85. The van der Waals surface area contributed by atoms with Crippen LogP contribution in [-0.4, -0.2) is 30.4 Å². The molecule has 2 rings (SSSR count). The van der Waals surface area contributed by atoms with Gasteiger partial charge in [0.25, 0.3) is 5.91 Å². The summed E-state index contributed by atoms with van der Waals surface area (Å²) in [6.45, 7) is 3.35. The predicted molar refractivity (Wildman–Crippen MR) is 64.5 cm³/mol. The van der Waals surface area contributed by atoms with Crippen LogP contribution < -0.4 is 5.73 Å². The first-order valence-electron chi connectivity index (χ1n) is 5.42. The Labute approximate surface area is 107 Å². The molecule has 0 aliphatic carbocycles. The Hall–Kier alpha value is -2.71. The van der Waals surface area contributed by atoms with Gasteiger partial charge in [-0.3, -0.25) is 19.6 Å². The lowest BCUT2D eigenvalue weighted by atomic mass is 10.3. The number of aryl methyl sites for hydroxylation is 1. The van der Waals surface area contributed by atoms with Gasteiger partial charge in [0.15, 0.2) is 0 Å². The largest absolute Gasteiger partial charge is 0.364 e. The van der Waals surface area contributed by atoms with Gasteiger partial charge >= 0.3 is 5.69 Å². The molecule has 0 fully saturated rings. The number of hydrogen-bond acceptors (Lipinski definition) is 5. The van der Waals surface area contributed by atoms with Crippen molar-refractivity contribution in [2.24, 2.45) is 5.73 Å². The second-order valence-corrected chi connectivity index (χ2v) is 4.02. The van der Waals surface area contributed by atoms with Crippen LogP contribution in [-0.2, 0) is 6.67 Å². The highest BCUT2D eigenvalue weighted by atomic mass is 16.6. The summed E-state index contributed by atoms with van der Waals surface area (Å²) in [5.74, 6) is -0.627. The van der Waals surface area contributed by atoms with E-state index in [1.807, 2.05) is 0 Å². The molecule has 0 saturated carbocycles. The van der Waals surface area contributed by atoms with E-state index in [1.54, 1.807) is 20.0 Å². The molecule has 0 aliphatic heterocycles. The molecule has 9 heteroatoms. The lowest BCUT2D eigenvalue weighted by Gasteiger charge is -2.03. The maximum Gasteiger partial charge on any atom is 0.312 e. The fraction of sp³-hybridized carbons (Fsp3) is 0.300. The van der Waals surface area contributed by atoms with Crippen molar-refractivity contribution in [1.29, 1.82) is 0 Å². The first-order valence-corrected chi connectivity index (χ1v) is 5.42. The van der Waals surface area contributed by atoms with Crippen LogP contribution in [0.2, 0.25) is 0 Å². The van der Waals surface area contributed by atoms with Gasteiger partial charge in [-0.05, 0) is 19.9 Å². The molecule has 2 heterocycles. The molecule has 0 atom stereocenters. The minimum absolute atomic E-state index is 0.0118. The Morgan fingerprint density at radius 3 is 2.63 bits per heavy atom. The quantitative estimate of drug-likeness (QED) is 0.624. The molecule has 2 aromatic rings. The molecule has 2 N–H and O–H groups in total. The predicted octanol–water partition coefficient (Wildman–Crippen LogP) is 0.209. The number of rotatable bonds is 4. The van der Waals surface area contributed by atoms with Crippen LogP contribution in [0.15, 0.2) is 12.3 Å². The van der Waals surface area contributed by atoms with Crippen LogP contribution in [0.4, 0.5) is 5.69 Å². The summed E-state index contributed by atoms with van der Waals surface area (Å²) in [5.41, 5.74) is 5.98. The van der Waals surface area contributed by atoms with Crippen LogP contribution in [0.1, 0.15) is 21.9 Å². The SMILES string of the molecule is Cc1nn(Cn2ccc(C(N)=O)n2)c(C)c1[N+](=O)[O-]. The van der Waals surface area contributed by atoms with Crippen molar-refractivity contribution in [2.75, 3.05) is 0 Å². The number of nitrogens with two attached hydrogens (primary N) is 1. The summed E-state index contributed by atoms with van der Waals surface area (Å²) in [5, 5.41) is 18.9. The van der Waals surface area contributed by atoms with Gasteiger partial charge in [-0.1, -0.05) is 0 Å². The van der Waals surface area contributed by atoms with E-state index in [2.05, 4.69) is 10.2 Å². The molecular formula is C10H12N6O3. The molecule has 0 unspecified atom stereocenters. The highest BCUT2D eigenvalue weighted by Gasteiger charge is 2.21. The van der Waals surface area contributed by atoms with Crippen molar-refractivity contribution in [1.82, 2.24) is 19.6 Å². The number of carbonyl (C=O) groups is 1. The summed E-state index contributed by atoms with van der Waals surface area (Å²) in [4.78, 5) is 21.3. The fourth-order valence-electron chi connectivity index (χ4n) is 1.80. The summed E-state index contributed by atoms with van der Waals surface area (Å²) in [6, 6.07) is 1.47. The number of nitrogens with zero attached hydrogens (tertiary/aromatic N) is 5. The molecule has 0 spiro atoms. The lowest BCUT2D eigenvalue weighted by Crippen LogP contribution is -2.15. The number of hydrogen-bond donors (Lipinski definition) is 1. The van der Waals surface area contributed by atoms with E-state index in [1.165, 1.54) is 15.4 Å². The molecule has 2 aromatic heterocycles. The Morgan fingerprint density at radius 1 is 1.47 bits per heavy atom. The first-order chi connectivity index (χ1) is 8.90. The fourth-order valence-corrected chi connectivity index (χ4v) is 1.80. The highest BCUT2D eigenvalue weighted by molar-refractivity contribution is 5.90. The Morgan fingerprint density at radius 2 is 2.16 bits per heavy atom. The van der Waals surface area contributed by atoms with Crippen molar-refractivity contribution >= 4 is 11.6 Å². The Balaban J connectivity index is 2.31. The van der Waals surface area contributed by atoms with Gasteiger partial charge < -0.3 is 5.73 Å². The van der Waals surface area contributed by atoms with Crippen molar-refractivity contribution in [3.8, 4) is 0 Å². The van der Waals surface area contributed by atoms with Gasteiger partial charge in [-0.2, -0.15) is 10.2 Å². The number of amides is 1. The van der Waals surface area contributed by atoms with Gasteiger partial charge in [0.2, 0.25) is 0 Å². The van der Waals surface area contributed by atoms with Crippen LogP contribution in [0.5, 0.6) is 0 Å². The molecule has 19 heavy (non-hydrogen) atoms. The number of aromatic nitrogens is 4. The van der Waals surface area contributed by atoms with Crippen LogP contribution in [0.3, 0.4) is 0 Å². The molecule has 1 amide bonds. The van der Waals surface area contributed by atoms with E-state index >= 15 is 0 Å². The summed E-state index contributed by atoms with van der Waals surface area (Å²) >= 11 is 0. The van der Waals surface area contributed by atoms with Crippen LogP contribution >= 0.6 is 0 Å². The van der Waals surface area contributed by atoms with Crippen molar-refractivity contribution in [2.45, 2.75) is 20.5 Å². The van der Waals surface area contributed by atoms with E-state index in [9.17, 15) is 14.9 Å². The summed E-state index contributed by atoms with van der Waals surface area (Å²) in [6.07, 6.45) is 1.56. The van der Waals surface area contributed by atoms with Crippen LogP contribution in [0, 0.1) is 24.0 Å². The normalized spacial score (nSPS) is 10.6. The zero-order valence-corrected chi connectivity index (χ0v) is 10.4.